The van der Waals surface area contributed by atoms with E-state index in [1.807, 2.05) is 0 Å². The van der Waals surface area contributed by atoms with E-state index in [0.717, 1.165) is 25.7 Å². The molecule has 0 saturated heterocycles. The summed E-state index contributed by atoms with van der Waals surface area (Å²) in [6.07, 6.45) is 4.89. The van der Waals surface area contributed by atoms with E-state index in [0.29, 0.717) is 11.8 Å². The fourth-order valence-electron chi connectivity index (χ4n) is 2.03. The minimum absolute atomic E-state index is 0.378. The molecule has 0 aromatic carbocycles. The van der Waals surface area contributed by atoms with Gasteiger partial charge in [-0.15, -0.1) is 0 Å². The van der Waals surface area contributed by atoms with E-state index >= 15 is 0 Å². The lowest BCUT2D eigenvalue weighted by molar-refractivity contribution is 0.145. The molecular weight excluding hydrogens is 139 g/mol. The molecule has 0 nitrogen and oxygen atoms in total. The molecule has 1 aliphatic rings. The van der Waals surface area contributed by atoms with Gasteiger partial charge in [-0.1, -0.05) is 26.7 Å². The van der Waals surface area contributed by atoms with Crippen LogP contribution in [0, 0.1) is 11.8 Å². The van der Waals surface area contributed by atoms with Crippen LogP contribution < -0.4 is 0 Å². The molecule has 1 heteroatoms. The van der Waals surface area contributed by atoms with Crippen molar-refractivity contribution in [1.82, 2.24) is 0 Å². The number of halogens is 1. The van der Waals surface area contributed by atoms with Crippen LogP contribution in [0.3, 0.4) is 0 Å². The van der Waals surface area contributed by atoms with Gasteiger partial charge in [-0.05, 0) is 31.1 Å². The molecule has 1 fully saturated rings. The Morgan fingerprint density at radius 2 is 1.91 bits per heavy atom. The maximum atomic E-state index is 13.2. The fraction of sp³-hybridized carbons (Fsp3) is 1.00. The summed E-state index contributed by atoms with van der Waals surface area (Å²) in [6, 6.07) is 0. The fourth-order valence-corrected chi connectivity index (χ4v) is 2.03. The zero-order valence-electron chi connectivity index (χ0n) is 7.65. The molecule has 0 bridgehead atoms. The first-order valence-corrected chi connectivity index (χ1v) is 4.84. The molecule has 0 aromatic rings. The summed E-state index contributed by atoms with van der Waals surface area (Å²) in [5.74, 6) is 1.04. The summed E-state index contributed by atoms with van der Waals surface area (Å²) in [7, 11) is 0. The molecule has 0 aliphatic heterocycles. The Bertz CT molecular complexity index is 109. The molecule has 0 N–H and O–H groups in total. The van der Waals surface area contributed by atoms with Gasteiger partial charge in [-0.3, -0.25) is 0 Å². The summed E-state index contributed by atoms with van der Waals surface area (Å²) in [5.41, 5.74) is 0. The van der Waals surface area contributed by atoms with Crippen molar-refractivity contribution in [3.63, 3.8) is 0 Å². The lowest BCUT2D eigenvalue weighted by Gasteiger charge is -2.26. The Labute approximate surface area is 69.2 Å². The van der Waals surface area contributed by atoms with Gasteiger partial charge in [0.1, 0.15) is 6.17 Å². The first-order valence-electron chi connectivity index (χ1n) is 4.84. The van der Waals surface area contributed by atoms with E-state index in [2.05, 4.69) is 13.8 Å². The summed E-state index contributed by atoms with van der Waals surface area (Å²) >= 11 is 0. The SMILES string of the molecule is CC(C)CC1CCCCC1F. The average molecular weight is 158 g/mol. The van der Waals surface area contributed by atoms with Crippen LogP contribution >= 0.6 is 0 Å². The summed E-state index contributed by atoms with van der Waals surface area (Å²) < 4.78 is 13.2. The standard InChI is InChI=1S/C10H19F/c1-8(2)7-9-5-3-4-6-10(9)11/h8-10H,3-7H2,1-2H3. The predicted octanol–water partition coefficient (Wildman–Crippen LogP) is 3.56. The van der Waals surface area contributed by atoms with Gasteiger partial charge in [0.05, 0.1) is 0 Å². The second-order valence-corrected chi connectivity index (χ2v) is 4.19. The second kappa shape index (κ2) is 4.08. The van der Waals surface area contributed by atoms with E-state index in [4.69, 9.17) is 0 Å². The highest BCUT2D eigenvalue weighted by Crippen LogP contribution is 2.31. The minimum atomic E-state index is -0.494. The zero-order valence-corrected chi connectivity index (χ0v) is 7.65. The van der Waals surface area contributed by atoms with Crippen LogP contribution in [0.1, 0.15) is 46.0 Å². The topological polar surface area (TPSA) is 0 Å². The van der Waals surface area contributed by atoms with Crippen molar-refractivity contribution < 1.29 is 4.39 Å². The van der Waals surface area contributed by atoms with Crippen molar-refractivity contribution in [2.45, 2.75) is 52.1 Å². The maximum Gasteiger partial charge on any atom is 0.103 e. The molecule has 66 valence electrons. The second-order valence-electron chi connectivity index (χ2n) is 4.19. The van der Waals surface area contributed by atoms with Crippen molar-refractivity contribution in [3.8, 4) is 0 Å². The summed E-state index contributed by atoms with van der Waals surface area (Å²) in [4.78, 5) is 0. The van der Waals surface area contributed by atoms with E-state index in [-0.39, 0.29) is 0 Å². The molecule has 2 atom stereocenters. The molecule has 0 aromatic heterocycles. The Morgan fingerprint density at radius 3 is 2.45 bits per heavy atom. The van der Waals surface area contributed by atoms with Crippen molar-refractivity contribution in [3.05, 3.63) is 0 Å². The normalized spacial score (nSPS) is 32.7. The van der Waals surface area contributed by atoms with Gasteiger partial charge in [-0.25, -0.2) is 4.39 Å². The molecule has 0 heterocycles. The third-order valence-electron chi connectivity index (χ3n) is 2.59. The van der Waals surface area contributed by atoms with Gasteiger partial charge in [0.2, 0.25) is 0 Å². The van der Waals surface area contributed by atoms with Crippen molar-refractivity contribution in [2.75, 3.05) is 0 Å². The Balaban J connectivity index is 2.29. The number of rotatable bonds is 2. The maximum absolute atomic E-state index is 13.2. The van der Waals surface area contributed by atoms with Crippen LogP contribution in [-0.4, -0.2) is 6.17 Å². The minimum Gasteiger partial charge on any atom is -0.247 e. The van der Waals surface area contributed by atoms with Crippen LogP contribution in [0.4, 0.5) is 4.39 Å². The van der Waals surface area contributed by atoms with E-state index in [1.54, 1.807) is 0 Å². The Hall–Kier alpha value is -0.0700. The van der Waals surface area contributed by atoms with Crippen LogP contribution in [0.15, 0.2) is 0 Å². The van der Waals surface area contributed by atoms with Crippen molar-refractivity contribution in [1.29, 1.82) is 0 Å². The first-order chi connectivity index (χ1) is 5.20. The Morgan fingerprint density at radius 1 is 1.27 bits per heavy atom. The third-order valence-corrected chi connectivity index (χ3v) is 2.59. The van der Waals surface area contributed by atoms with Crippen LogP contribution in [0.5, 0.6) is 0 Å². The molecule has 11 heavy (non-hydrogen) atoms. The van der Waals surface area contributed by atoms with Gasteiger partial charge < -0.3 is 0 Å². The van der Waals surface area contributed by atoms with Gasteiger partial charge in [0.25, 0.3) is 0 Å². The van der Waals surface area contributed by atoms with Gasteiger partial charge >= 0.3 is 0 Å². The summed E-state index contributed by atoms with van der Waals surface area (Å²) in [6.45, 7) is 4.36. The first kappa shape index (κ1) is 9.02. The molecule has 0 spiro atoms. The molecule has 0 radical (unpaired) electrons. The number of hydrogen-bond donors (Lipinski definition) is 0. The highest BCUT2D eigenvalue weighted by molar-refractivity contribution is 4.75. The van der Waals surface area contributed by atoms with Gasteiger partial charge in [0, 0.05) is 0 Å². The predicted molar refractivity (Wildman–Crippen MR) is 46.3 cm³/mol. The van der Waals surface area contributed by atoms with Gasteiger partial charge in [-0.2, -0.15) is 0 Å². The molecule has 0 amide bonds. The highest BCUT2D eigenvalue weighted by atomic mass is 19.1. The van der Waals surface area contributed by atoms with E-state index < -0.39 is 6.17 Å². The van der Waals surface area contributed by atoms with Crippen LogP contribution in [0.25, 0.3) is 0 Å². The average Bonchev–Trinajstić information content (AvgIpc) is 1.93. The third kappa shape index (κ3) is 2.80. The molecule has 1 rings (SSSR count). The molecule has 2 unspecified atom stereocenters. The van der Waals surface area contributed by atoms with E-state index in [9.17, 15) is 4.39 Å². The van der Waals surface area contributed by atoms with Gasteiger partial charge in [0.15, 0.2) is 0 Å². The molecule has 1 aliphatic carbocycles. The smallest absolute Gasteiger partial charge is 0.103 e. The lowest BCUT2D eigenvalue weighted by atomic mass is 9.82. The molecule has 1 saturated carbocycles. The zero-order chi connectivity index (χ0) is 8.27. The lowest BCUT2D eigenvalue weighted by Crippen LogP contribution is -2.21. The number of alkyl halides is 1. The molecular formula is C10H19F. The van der Waals surface area contributed by atoms with Crippen LogP contribution in [0.2, 0.25) is 0 Å². The Kier molecular flexibility index (Phi) is 3.35. The quantitative estimate of drug-likeness (QED) is 0.576. The highest BCUT2D eigenvalue weighted by Gasteiger charge is 2.24. The van der Waals surface area contributed by atoms with E-state index in [1.165, 1.54) is 6.42 Å². The largest absolute Gasteiger partial charge is 0.247 e. The number of hydrogen-bond acceptors (Lipinski definition) is 0. The van der Waals surface area contributed by atoms with Crippen LogP contribution in [-0.2, 0) is 0 Å². The van der Waals surface area contributed by atoms with Crippen molar-refractivity contribution >= 4 is 0 Å². The van der Waals surface area contributed by atoms with Crippen molar-refractivity contribution in [2.24, 2.45) is 11.8 Å². The summed E-state index contributed by atoms with van der Waals surface area (Å²) in [5, 5.41) is 0. The monoisotopic (exact) mass is 158 g/mol.